The van der Waals surface area contributed by atoms with Gasteiger partial charge in [0.1, 0.15) is 11.8 Å². The SMILES string of the molecule is CCCCCCCCC/C=C/C[N+](CC(CC)C(=O)[O-])(CC(CC)C(=O)O)CC(CC)C(=O)O. The van der Waals surface area contributed by atoms with Crippen LogP contribution in [0.25, 0.3) is 0 Å². The highest BCUT2D eigenvalue weighted by Crippen LogP contribution is 2.24. The molecular formula is C27H49NO6. The van der Waals surface area contributed by atoms with Crippen LogP contribution in [0.4, 0.5) is 0 Å². The van der Waals surface area contributed by atoms with Gasteiger partial charge in [0.15, 0.2) is 0 Å². The summed E-state index contributed by atoms with van der Waals surface area (Å²) in [5.41, 5.74) is 0. The Hall–Kier alpha value is -1.89. The van der Waals surface area contributed by atoms with Gasteiger partial charge >= 0.3 is 11.9 Å². The highest BCUT2D eigenvalue weighted by molar-refractivity contribution is 5.70. The molecule has 7 nitrogen and oxygen atoms in total. The van der Waals surface area contributed by atoms with Gasteiger partial charge in [-0.25, -0.2) is 0 Å². The van der Waals surface area contributed by atoms with E-state index in [2.05, 4.69) is 13.0 Å². The summed E-state index contributed by atoms with van der Waals surface area (Å²) < 4.78 is 0.135. The predicted octanol–water partition coefficient (Wildman–Crippen LogP) is 4.50. The molecular weight excluding hydrogens is 434 g/mol. The maximum Gasteiger partial charge on any atom is 0.312 e. The lowest BCUT2D eigenvalue weighted by Gasteiger charge is -2.43. The largest absolute Gasteiger partial charge is 0.550 e. The first-order valence-corrected chi connectivity index (χ1v) is 13.3. The quantitative estimate of drug-likeness (QED) is 0.133. The Bertz CT molecular complexity index is 558. The van der Waals surface area contributed by atoms with Gasteiger partial charge in [-0.3, -0.25) is 9.59 Å². The van der Waals surface area contributed by atoms with E-state index >= 15 is 0 Å². The van der Waals surface area contributed by atoms with Crippen LogP contribution in [-0.4, -0.2) is 58.8 Å². The van der Waals surface area contributed by atoms with E-state index in [9.17, 15) is 29.7 Å². The second-order valence-electron chi connectivity index (χ2n) is 9.76. The molecule has 0 saturated carbocycles. The Kier molecular flexibility index (Phi) is 17.4. The van der Waals surface area contributed by atoms with E-state index in [0.29, 0.717) is 25.8 Å². The first-order valence-electron chi connectivity index (χ1n) is 13.3. The van der Waals surface area contributed by atoms with Crippen LogP contribution in [0.3, 0.4) is 0 Å². The number of unbranched alkanes of at least 4 members (excludes halogenated alkanes) is 7. The zero-order chi connectivity index (χ0) is 26.0. The van der Waals surface area contributed by atoms with Crippen molar-refractivity contribution in [3.63, 3.8) is 0 Å². The molecule has 0 radical (unpaired) electrons. The van der Waals surface area contributed by atoms with Crippen molar-refractivity contribution in [2.45, 2.75) is 98.3 Å². The van der Waals surface area contributed by atoms with Crippen LogP contribution in [0, 0.1) is 17.8 Å². The third kappa shape index (κ3) is 13.1. The number of carboxylic acids is 3. The van der Waals surface area contributed by atoms with E-state index in [1.807, 2.05) is 6.08 Å². The number of carboxylic acid groups (broad SMARTS) is 3. The van der Waals surface area contributed by atoms with E-state index < -0.39 is 35.7 Å². The second kappa shape index (κ2) is 18.4. The molecule has 0 fully saturated rings. The van der Waals surface area contributed by atoms with E-state index in [0.717, 1.165) is 12.8 Å². The number of allylic oxidation sites excluding steroid dienone is 1. The third-order valence-corrected chi connectivity index (χ3v) is 6.97. The van der Waals surface area contributed by atoms with Gasteiger partial charge in [-0.2, -0.15) is 0 Å². The summed E-state index contributed by atoms with van der Waals surface area (Å²) in [5.74, 6) is -5.11. The normalized spacial score (nSPS) is 16.1. The molecule has 0 saturated heterocycles. The fourth-order valence-electron chi connectivity index (χ4n) is 4.62. The average Bonchev–Trinajstić information content (AvgIpc) is 2.79. The van der Waals surface area contributed by atoms with Crippen LogP contribution < -0.4 is 5.11 Å². The Morgan fingerprint density at radius 1 is 0.706 bits per heavy atom. The highest BCUT2D eigenvalue weighted by Gasteiger charge is 2.38. The van der Waals surface area contributed by atoms with E-state index in [1.165, 1.54) is 38.5 Å². The smallest absolute Gasteiger partial charge is 0.312 e. The Morgan fingerprint density at radius 2 is 1.15 bits per heavy atom. The molecule has 0 aliphatic heterocycles. The number of rotatable bonds is 22. The molecule has 0 aromatic carbocycles. The molecule has 0 aromatic heterocycles. The first-order chi connectivity index (χ1) is 16.2. The fraction of sp³-hybridized carbons (Fsp3) is 0.815. The molecule has 0 aliphatic carbocycles. The number of hydrogen-bond acceptors (Lipinski definition) is 4. The van der Waals surface area contributed by atoms with Crippen LogP contribution in [0.5, 0.6) is 0 Å². The average molecular weight is 484 g/mol. The van der Waals surface area contributed by atoms with Crippen LogP contribution in [0.1, 0.15) is 98.3 Å². The molecule has 3 unspecified atom stereocenters. The Morgan fingerprint density at radius 3 is 1.56 bits per heavy atom. The van der Waals surface area contributed by atoms with Crippen LogP contribution in [0.15, 0.2) is 12.2 Å². The summed E-state index contributed by atoms with van der Waals surface area (Å²) in [6, 6.07) is 0. The summed E-state index contributed by atoms with van der Waals surface area (Å²) in [6.07, 6.45) is 14.7. The van der Waals surface area contributed by atoms with Crippen molar-refractivity contribution in [2.24, 2.45) is 17.8 Å². The van der Waals surface area contributed by atoms with Gasteiger partial charge in [-0.15, -0.1) is 0 Å². The maximum atomic E-state index is 11.9. The predicted molar refractivity (Wildman–Crippen MR) is 133 cm³/mol. The molecule has 0 aromatic rings. The van der Waals surface area contributed by atoms with Crippen LogP contribution >= 0.6 is 0 Å². The molecule has 0 amide bonds. The molecule has 34 heavy (non-hydrogen) atoms. The van der Waals surface area contributed by atoms with Crippen molar-refractivity contribution in [2.75, 3.05) is 26.2 Å². The minimum atomic E-state index is -1.16. The van der Waals surface area contributed by atoms with Crippen molar-refractivity contribution in [3.8, 4) is 0 Å². The van der Waals surface area contributed by atoms with Crippen LogP contribution in [0.2, 0.25) is 0 Å². The highest BCUT2D eigenvalue weighted by atomic mass is 16.4. The van der Waals surface area contributed by atoms with Gasteiger partial charge < -0.3 is 24.6 Å². The van der Waals surface area contributed by atoms with E-state index in [1.54, 1.807) is 20.8 Å². The van der Waals surface area contributed by atoms with Gasteiger partial charge in [-0.05, 0) is 38.2 Å². The summed E-state index contributed by atoms with van der Waals surface area (Å²) >= 11 is 0. The van der Waals surface area contributed by atoms with Crippen molar-refractivity contribution in [3.05, 3.63) is 12.2 Å². The van der Waals surface area contributed by atoms with E-state index in [-0.39, 0.29) is 24.1 Å². The molecule has 7 heteroatoms. The van der Waals surface area contributed by atoms with E-state index in [4.69, 9.17) is 0 Å². The minimum Gasteiger partial charge on any atom is -0.550 e. The van der Waals surface area contributed by atoms with Gasteiger partial charge in [0.25, 0.3) is 0 Å². The van der Waals surface area contributed by atoms with Crippen LogP contribution in [-0.2, 0) is 14.4 Å². The van der Waals surface area contributed by atoms with Crippen molar-refractivity contribution in [1.29, 1.82) is 0 Å². The standard InChI is InChI=1S/C27H49NO6/c1-5-9-10-11-12-13-14-15-16-17-18-28(19-22(6-2)25(29)30,20-23(7-3)26(31)32)21-24(8-4)27(33)34/h16-17,22-24H,5-15,18-21H2,1-4H3,(H2-,29,30,31,32,33,34)/b17-16+. The molecule has 0 spiro atoms. The molecule has 0 bridgehead atoms. The van der Waals surface area contributed by atoms with Gasteiger partial charge in [0.05, 0.1) is 32.1 Å². The molecule has 0 rings (SSSR count). The molecule has 0 heterocycles. The molecule has 0 aliphatic rings. The van der Waals surface area contributed by atoms with Gasteiger partial charge in [-0.1, -0.05) is 72.3 Å². The second-order valence-corrected chi connectivity index (χ2v) is 9.76. The summed E-state index contributed by atoms with van der Waals surface area (Å²) in [5, 5.41) is 31.2. The molecule has 198 valence electrons. The topological polar surface area (TPSA) is 115 Å². The lowest BCUT2D eigenvalue weighted by Crippen LogP contribution is -2.59. The zero-order valence-electron chi connectivity index (χ0n) is 22.0. The van der Waals surface area contributed by atoms with Crippen molar-refractivity contribution < 1.29 is 34.2 Å². The Labute approximate surface area is 206 Å². The first kappa shape index (κ1) is 32.1. The lowest BCUT2D eigenvalue weighted by atomic mass is 9.96. The zero-order valence-corrected chi connectivity index (χ0v) is 22.0. The fourth-order valence-corrected chi connectivity index (χ4v) is 4.62. The summed E-state index contributed by atoms with van der Waals surface area (Å²) in [6.45, 7) is 8.60. The van der Waals surface area contributed by atoms with Crippen molar-refractivity contribution in [1.82, 2.24) is 0 Å². The maximum absolute atomic E-state index is 11.9. The number of carbonyl (C=O) groups excluding carboxylic acids is 1. The third-order valence-electron chi connectivity index (χ3n) is 6.97. The van der Waals surface area contributed by atoms with Gasteiger partial charge in [0.2, 0.25) is 0 Å². The Balaban J connectivity index is 5.57. The molecule has 3 atom stereocenters. The van der Waals surface area contributed by atoms with Crippen molar-refractivity contribution >= 4 is 17.9 Å². The number of carbonyl (C=O) groups is 3. The number of aliphatic carboxylic acids is 3. The number of nitrogens with zero attached hydrogens (tertiary/aromatic N) is 1. The minimum absolute atomic E-state index is 0.135. The number of quaternary nitrogens is 1. The monoisotopic (exact) mass is 483 g/mol. The summed E-state index contributed by atoms with van der Waals surface area (Å²) in [4.78, 5) is 35.5. The van der Waals surface area contributed by atoms with Gasteiger partial charge in [0, 0.05) is 5.92 Å². The summed E-state index contributed by atoms with van der Waals surface area (Å²) in [7, 11) is 0. The number of hydrogen-bond donors (Lipinski definition) is 2. The lowest BCUT2D eigenvalue weighted by molar-refractivity contribution is -0.929. The molecule has 2 N–H and O–H groups in total.